The number of amides is 2. The molecule has 0 aromatic carbocycles. The molecule has 0 spiro atoms. The van der Waals surface area contributed by atoms with Crippen molar-refractivity contribution in [3.63, 3.8) is 0 Å². The molecule has 1 heterocycles. The third-order valence-corrected chi connectivity index (χ3v) is 1.06. The summed E-state index contributed by atoms with van der Waals surface area (Å²) in [5, 5.41) is 5.22. The predicted octanol–water partition coefficient (Wildman–Crippen LogP) is -0.684. The molecule has 1 fully saturated rings. The van der Waals surface area contributed by atoms with E-state index in [1.54, 1.807) is 0 Å². The van der Waals surface area contributed by atoms with Crippen molar-refractivity contribution in [2.75, 3.05) is 26.3 Å². The van der Waals surface area contributed by atoms with Crippen LogP contribution in [-0.2, 0) is 4.74 Å². The standard InChI is InChI=1S/C5H10N2O2/c8-5-6-1-3-9-4-2-7-5/h1-4H2,(H2,6,7,8). The Labute approximate surface area is 53.6 Å². The molecule has 0 bridgehead atoms. The smallest absolute Gasteiger partial charge is 0.314 e. The molecule has 0 aromatic heterocycles. The van der Waals surface area contributed by atoms with Crippen molar-refractivity contribution in [3.05, 3.63) is 0 Å². The van der Waals surface area contributed by atoms with Gasteiger partial charge >= 0.3 is 6.03 Å². The van der Waals surface area contributed by atoms with Gasteiger partial charge < -0.3 is 15.4 Å². The summed E-state index contributed by atoms with van der Waals surface area (Å²) < 4.78 is 5.05. The zero-order valence-electron chi connectivity index (χ0n) is 5.14. The summed E-state index contributed by atoms with van der Waals surface area (Å²) in [4.78, 5) is 10.6. The van der Waals surface area contributed by atoms with Crippen LogP contribution in [0.5, 0.6) is 0 Å². The molecule has 1 aliphatic rings. The molecule has 0 aromatic rings. The maximum atomic E-state index is 10.6. The summed E-state index contributed by atoms with van der Waals surface area (Å²) in [7, 11) is 0. The van der Waals surface area contributed by atoms with Crippen molar-refractivity contribution in [2.24, 2.45) is 0 Å². The van der Waals surface area contributed by atoms with Crippen molar-refractivity contribution in [1.29, 1.82) is 0 Å². The van der Waals surface area contributed by atoms with Gasteiger partial charge in [0.1, 0.15) is 0 Å². The molecule has 2 N–H and O–H groups in total. The van der Waals surface area contributed by atoms with Crippen LogP contribution in [0.25, 0.3) is 0 Å². The van der Waals surface area contributed by atoms with Gasteiger partial charge in [-0.2, -0.15) is 0 Å². The lowest BCUT2D eigenvalue weighted by atomic mass is 10.6. The summed E-state index contributed by atoms with van der Waals surface area (Å²) in [6.45, 7) is 2.44. The van der Waals surface area contributed by atoms with E-state index >= 15 is 0 Å². The maximum Gasteiger partial charge on any atom is 0.314 e. The predicted molar refractivity (Wildman–Crippen MR) is 32.2 cm³/mol. The topological polar surface area (TPSA) is 50.4 Å². The first-order chi connectivity index (χ1) is 4.39. The minimum atomic E-state index is -0.0988. The summed E-state index contributed by atoms with van der Waals surface area (Å²) in [5.74, 6) is 0. The van der Waals surface area contributed by atoms with Crippen molar-refractivity contribution < 1.29 is 9.53 Å². The number of hydrogen-bond donors (Lipinski definition) is 2. The van der Waals surface area contributed by atoms with Gasteiger partial charge in [0.25, 0.3) is 0 Å². The minimum absolute atomic E-state index is 0.0988. The van der Waals surface area contributed by atoms with E-state index in [1.807, 2.05) is 0 Å². The second kappa shape index (κ2) is 3.29. The average Bonchev–Trinajstić information content (AvgIpc) is 1.79. The number of urea groups is 1. The summed E-state index contributed by atoms with van der Waals surface area (Å²) in [6.07, 6.45) is 0. The molecular weight excluding hydrogens is 120 g/mol. The molecule has 0 radical (unpaired) electrons. The van der Waals surface area contributed by atoms with Gasteiger partial charge in [-0.15, -0.1) is 0 Å². The van der Waals surface area contributed by atoms with Crippen molar-refractivity contribution in [1.82, 2.24) is 10.6 Å². The fourth-order valence-corrected chi connectivity index (χ4v) is 0.638. The molecule has 0 aliphatic carbocycles. The average molecular weight is 130 g/mol. The quantitative estimate of drug-likeness (QED) is 0.456. The van der Waals surface area contributed by atoms with E-state index in [2.05, 4.69) is 10.6 Å². The molecule has 0 saturated carbocycles. The molecule has 2 amide bonds. The van der Waals surface area contributed by atoms with Crippen molar-refractivity contribution >= 4 is 6.03 Å². The largest absolute Gasteiger partial charge is 0.378 e. The number of rotatable bonds is 0. The number of carbonyl (C=O) groups is 1. The van der Waals surface area contributed by atoms with Crippen LogP contribution in [0.3, 0.4) is 0 Å². The van der Waals surface area contributed by atoms with E-state index in [1.165, 1.54) is 0 Å². The van der Waals surface area contributed by atoms with Crippen LogP contribution in [-0.4, -0.2) is 32.3 Å². The first-order valence-electron chi connectivity index (χ1n) is 2.99. The van der Waals surface area contributed by atoms with Gasteiger partial charge in [-0.3, -0.25) is 0 Å². The highest BCUT2D eigenvalue weighted by atomic mass is 16.5. The van der Waals surface area contributed by atoms with Gasteiger partial charge in [0, 0.05) is 13.1 Å². The highest BCUT2D eigenvalue weighted by molar-refractivity contribution is 5.73. The fourth-order valence-electron chi connectivity index (χ4n) is 0.638. The summed E-state index contributed by atoms with van der Waals surface area (Å²) >= 11 is 0. The Bertz CT molecular complexity index is 95.1. The van der Waals surface area contributed by atoms with Gasteiger partial charge in [-0.1, -0.05) is 0 Å². The lowest BCUT2D eigenvalue weighted by Crippen LogP contribution is -2.41. The molecular formula is C5H10N2O2. The van der Waals surface area contributed by atoms with Gasteiger partial charge in [-0.05, 0) is 0 Å². The van der Waals surface area contributed by atoms with Crippen LogP contribution in [0, 0.1) is 0 Å². The Morgan fingerprint density at radius 3 is 2.33 bits per heavy atom. The third kappa shape index (κ3) is 2.32. The molecule has 1 aliphatic heterocycles. The molecule has 4 nitrogen and oxygen atoms in total. The van der Waals surface area contributed by atoms with Crippen LogP contribution >= 0.6 is 0 Å². The first-order valence-corrected chi connectivity index (χ1v) is 2.99. The van der Waals surface area contributed by atoms with Crippen molar-refractivity contribution in [2.45, 2.75) is 0 Å². The molecule has 0 atom stereocenters. The van der Waals surface area contributed by atoms with Crippen LogP contribution in [0.2, 0.25) is 0 Å². The highest BCUT2D eigenvalue weighted by Crippen LogP contribution is 1.76. The number of carbonyl (C=O) groups excluding carboxylic acids is 1. The summed E-state index contributed by atoms with van der Waals surface area (Å²) in [5.41, 5.74) is 0. The van der Waals surface area contributed by atoms with Crippen LogP contribution in [0.4, 0.5) is 4.79 Å². The SMILES string of the molecule is O=C1NCCOCCN1. The van der Waals surface area contributed by atoms with Crippen molar-refractivity contribution in [3.8, 4) is 0 Å². The Morgan fingerprint density at radius 2 is 1.78 bits per heavy atom. The number of hydrogen-bond acceptors (Lipinski definition) is 2. The third-order valence-electron chi connectivity index (χ3n) is 1.06. The zero-order chi connectivity index (χ0) is 6.53. The number of ether oxygens (including phenoxy) is 1. The Kier molecular flexibility index (Phi) is 2.32. The van der Waals surface area contributed by atoms with Crippen LogP contribution in [0.1, 0.15) is 0 Å². The minimum Gasteiger partial charge on any atom is -0.378 e. The van der Waals surface area contributed by atoms with Gasteiger partial charge in [0.05, 0.1) is 13.2 Å². The Hall–Kier alpha value is -0.770. The van der Waals surface area contributed by atoms with Gasteiger partial charge in [0.15, 0.2) is 0 Å². The molecule has 1 saturated heterocycles. The second-order valence-corrected chi connectivity index (χ2v) is 1.80. The van der Waals surface area contributed by atoms with E-state index in [0.717, 1.165) is 0 Å². The molecule has 1 rings (SSSR count). The molecule has 9 heavy (non-hydrogen) atoms. The number of nitrogens with one attached hydrogen (secondary N) is 2. The lowest BCUT2D eigenvalue weighted by Gasteiger charge is -2.11. The Morgan fingerprint density at radius 1 is 1.22 bits per heavy atom. The first kappa shape index (κ1) is 6.35. The fraction of sp³-hybridized carbons (Fsp3) is 0.800. The van der Waals surface area contributed by atoms with Gasteiger partial charge in [0.2, 0.25) is 0 Å². The zero-order valence-corrected chi connectivity index (χ0v) is 5.14. The van der Waals surface area contributed by atoms with Crippen LogP contribution in [0.15, 0.2) is 0 Å². The van der Waals surface area contributed by atoms with E-state index in [-0.39, 0.29) is 6.03 Å². The van der Waals surface area contributed by atoms with E-state index in [0.29, 0.717) is 26.3 Å². The molecule has 0 unspecified atom stereocenters. The normalized spacial score (nSPS) is 21.1. The molecule has 4 heteroatoms. The second-order valence-electron chi connectivity index (χ2n) is 1.80. The van der Waals surface area contributed by atoms with E-state index < -0.39 is 0 Å². The maximum absolute atomic E-state index is 10.6. The van der Waals surface area contributed by atoms with E-state index in [4.69, 9.17) is 4.74 Å². The molecule has 52 valence electrons. The van der Waals surface area contributed by atoms with E-state index in [9.17, 15) is 4.79 Å². The monoisotopic (exact) mass is 130 g/mol. The van der Waals surface area contributed by atoms with Gasteiger partial charge in [-0.25, -0.2) is 4.79 Å². The Balaban J connectivity index is 2.20. The highest BCUT2D eigenvalue weighted by Gasteiger charge is 2.00. The summed E-state index contributed by atoms with van der Waals surface area (Å²) in [6, 6.07) is -0.0988. The van der Waals surface area contributed by atoms with Crippen LogP contribution < -0.4 is 10.6 Å². The lowest BCUT2D eigenvalue weighted by molar-refractivity contribution is 0.130.